The fourth-order valence-electron chi connectivity index (χ4n) is 3.23. The molecule has 1 atom stereocenters. The van der Waals surface area contributed by atoms with Crippen molar-refractivity contribution in [2.75, 3.05) is 20.1 Å². The van der Waals surface area contributed by atoms with Crippen LogP contribution < -0.4 is 16.4 Å². The molecule has 7 nitrogen and oxygen atoms in total. The summed E-state index contributed by atoms with van der Waals surface area (Å²) >= 11 is 0. The van der Waals surface area contributed by atoms with Crippen LogP contribution in [0, 0.1) is 5.92 Å². The molecule has 2 aliphatic rings. The van der Waals surface area contributed by atoms with Gasteiger partial charge in [-0.2, -0.15) is 0 Å². The van der Waals surface area contributed by atoms with Crippen LogP contribution in [0.3, 0.4) is 0 Å². The van der Waals surface area contributed by atoms with E-state index in [1.807, 2.05) is 24.3 Å². The van der Waals surface area contributed by atoms with Gasteiger partial charge in [-0.1, -0.05) is 25.1 Å². The number of hydrogen-bond acceptors (Lipinski definition) is 4. The van der Waals surface area contributed by atoms with Crippen LogP contribution in [-0.2, 0) is 11.3 Å². The largest absolute Gasteiger partial charge is 0.464 e. The highest BCUT2D eigenvalue weighted by molar-refractivity contribution is 5.81. The van der Waals surface area contributed by atoms with Gasteiger partial charge in [-0.25, -0.2) is 4.79 Å². The fourth-order valence-corrected chi connectivity index (χ4v) is 3.23. The summed E-state index contributed by atoms with van der Waals surface area (Å²) in [5, 5.41) is 6.78. The summed E-state index contributed by atoms with van der Waals surface area (Å²) in [7, 11) is 2.20. The molecule has 2 fully saturated rings. The Hall–Kier alpha value is -2.54. The van der Waals surface area contributed by atoms with Crippen molar-refractivity contribution in [1.82, 2.24) is 15.5 Å². The number of nitrogens with one attached hydrogen (secondary N) is 2. The van der Waals surface area contributed by atoms with E-state index in [9.17, 15) is 4.79 Å². The molecule has 0 bridgehead atoms. The summed E-state index contributed by atoms with van der Waals surface area (Å²) in [6.07, 6.45) is 6.98. The molecule has 7 heteroatoms. The molecule has 1 aliphatic heterocycles. The number of rotatable bonds is 3. The summed E-state index contributed by atoms with van der Waals surface area (Å²) in [5.74, 6) is 0.939. The number of nitrogens with two attached hydrogens (primary N) is 1. The van der Waals surface area contributed by atoms with Crippen LogP contribution in [0.5, 0.6) is 0 Å². The second kappa shape index (κ2) is 11.3. The van der Waals surface area contributed by atoms with E-state index < -0.39 is 0 Å². The number of para-hydroxylation sites is 1. The van der Waals surface area contributed by atoms with Gasteiger partial charge in [-0.15, -0.1) is 0 Å². The van der Waals surface area contributed by atoms with Gasteiger partial charge in [0, 0.05) is 30.1 Å². The number of urea groups is 1. The Morgan fingerprint density at radius 3 is 2.64 bits per heavy atom. The highest BCUT2D eigenvalue weighted by Crippen LogP contribution is 2.21. The molecule has 0 spiro atoms. The van der Waals surface area contributed by atoms with Crippen molar-refractivity contribution in [1.29, 1.82) is 0 Å². The first-order valence-electron chi connectivity index (χ1n) is 9.86. The minimum absolute atomic E-state index is 0.0993. The zero-order valence-corrected chi connectivity index (χ0v) is 16.8. The lowest BCUT2D eigenvalue weighted by Crippen LogP contribution is -2.36. The van der Waals surface area contributed by atoms with Crippen LogP contribution in [0.4, 0.5) is 4.79 Å². The Morgan fingerprint density at radius 1 is 1.32 bits per heavy atom. The van der Waals surface area contributed by atoms with Crippen molar-refractivity contribution in [3.8, 4) is 0 Å². The monoisotopic (exact) mass is 388 g/mol. The van der Waals surface area contributed by atoms with E-state index >= 15 is 0 Å². The van der Waals surface area contributed by atoms with Crippen molar-refractivity contribution in [3.63, 3.8) is 0 Å². The van der Waals surface area contributed by atoms with Crippen LogP contribution in [-0.4, -0.2) is 43.5 Å². The maximum absolute atomic E-state index is 11.5. The van der Waals surface area contributed by atoms with Crippen molar-refractivity contribution in [2.24, 2.45) is 11.7 Å². The number of piperidine rings is 1. The van der Waals surface area contributed by atoms with E-state index in [4.69, 9.17) is 9.21 Å². The standard InChI is InChI=1S/C13H14N2O2.C7H15N.CH3NO/c16-13(15-10-5-6-10)14-7-9-8-17-12-4-2-1-3-11(9)12;1-7-4-3-5-8(2)6-7;2-1-3/h1-4,8,10H,5-7H2,(H2,14,15,16);7H,3-6H2,1-2H3;1H,(H2,2,3). The lowest BCUT2D eigenvalue weighted by Gasteiger charge is -2.26. The van der Waals surface area contributed by atoms with Gasteiger partial charge in [-0.05, 0) is 51.3 Å². The zero-order chi connectivity index (χ0) is 20.4. The summed E-state index contributed by atoms with van der Waals surface area (Å²) < 4.78 is 5.40. The molecule has 0 radical (unpaired) electrons. The van der Waals surface area contributed by atoms with Crippen molar-refractivity contribution >= 4 is 23.4 Å². The molecule has 2 aromatic rings. The van der Waals surface area contributed by atoms with E-state index in [-0.39, 0.29) is 12.4 Å². The quantitative estimate of drug-likeness (QED) is 0.704. The molecule has 3 amide bonds. The molecular weight excluding hydrogens is 356 g/mol. The van der Waals surface area contributed by atoms with E-state index in [0.717, 1.165) is 35.3 Å². The summed E-state index contributed by atoms with van der Waals surface area (Å²) in [4.78, 5) is 22.5. The zero-order valence-electron chi connectivity index (χ0n) is 16.8. The van der Waals surface area contributed by atoms with Gasteiger partial charge >= 0.3 is 6.03 Å². The second-order valence-corrected chi connectivity index (χ2v) is 7.50. The molecule has 154 valence electrons. The molecule has 1 saturated carbocycles. The van der Waals surface area contributed by atoms with Gasteiger partial charge < -0.3 is 25.7 Å². The van der Waals surface area contributed by atoms with Gasteiger partial charge in [0.05, 0.1) is 6.26 Å². The topological polar surface area (TPSA) is 101 Å². The summed E-state index contributed by atoms with van der Waals surface area (Å²) in [6, 6.07) is 8.10. The highest BCUT2D eigenvalue weighted by Gasteiger charge is 2.23. The van der Waals surface area contributed by atoms with Gasteiger partial charge in [0.1, 0.15) is 5.58 Å². The molecule has 4 N–H and O–H groups in total. The maximum atomic E-state index is 11.5. The van der Waals surface area contributed by atoms with Gasteiger partial charge in [0.2, 0.25) is 6.41 Å². The molecule has 1 aromatic carbocycles. The number of carbonyl (C=O) groups excluding carboxylic acids is 2. The number of likely N-dealkylation sites (tertiary alicyclic amines) is 1. The number of carbonyl (C=O) groups is 2. The lowest BCUT2D eigenvalue weighted by molar-refractivity contribution is -0.106. The summed E-state index contributed by atoms with van der Waals surface area (Å²) in [6.45, 7) is 5.44. The number of hydrogen-bond donors (Lipinski definition) is 3. The predicted molar refractivity (Wildman–Crippen MR) is 111 cm³/mol. The van der Waals surface area contributed by atoms with Gasteiger partial charge in [-0.3, -0.25) is 4.79 Å². The van der Waals surface area contributed by atoms with Crippen LogP contribution in [0.15, 0.2) is 34.9 Å². The molecule has 1 saturated heterocycles. The summed E-state index contributed by atoms with van der Waals surface area (Å²) in [5.41, 5.74) is 6.03. The first-order valence-corrected chi connectivity index (χ1v) is 9.86. The van der Waals surface area contributed by atoms with Gasteiger partial charge in [0.25, 0.3) is 0 Å². The van der Waals surface area contributed by atoms with Crippen molar-refractivity contribution < 1.29 is 14.0 Å². The van der Waals surface area contributed by atoms with Crippen LogP contribution in [0.25, 0.3) is 11.0 Å². The first kappa shape index (κ1) is 21.8. The highest BCUT2D eigenvalue weighted by atomic mass is 16.3. The van der Waals surface area contributed by atoms with Crippen LogP contribution in [0.2, 0.25) is 0 Å². The Balaban J connectivity index is 0.000000213. The minimum atomic E-state index is -0.0993. The van der Waals surface area contributed by atoms with Crippen molar-refractivity contribution in [2.45, 2.75) is 45.2 Å². The third-order valence-electron chi connectivity index (χ3n) is 4.77. The number of primary amides is 1. The number of amides is 3. The molecule has 1 unspecified atom stereocenters. The Bertz CT molecular complexity index is 734. The minimum Gasteiger partial charge on any atom is -0.464 e. The van der Waals surface area contributed by atoms with Crippen LogP contribution >= 0.6 is 0 Å². The third kappa shape index (κ3) is 7.60. The van der Waals surface area contributed by atoms with Crippen molar-refractivity contribution in [3.05, 3.63) is 36.1 Å². The predicted octanol–water partition coefficient (Wildman–Crippen LogP) is 2.84. The Labute approximate surface area is 166 Å². The second-order valence-electron chi connectivity index (χ2n) is 7.50. The average Bonchev–Trinajstić information content (AvgIpc) is 3.38. The molecule has 1 aromatic heterocycles. The molecule has 2 heterocycles. The number of fused-ring (bicyclic) bond motifs is 1. The van der Waals surface area contributed by atoms with Crippen LogP contribution in [0.1, 0.15) is 38.2 Å². The Morgan fingerprint density at radius 2 is 2.04 bits per heavy atom. The number of furan rings is 1. The van der Waals surface area contributed by atoms with Gasteiger partial charge in [0.15, 0.2) is 0 Å². The normalized spacial score (nSPS) is 18.9. The smallest absolute Gasteiger partial charge is 0.315 e. The number of benzene rings is 1. The lowest BCUT2D eigenvalue weighted by atomic mass is 10.0. The Kier molecular flexibility index (Phi) is 8.81. The average molecular weight is 389 g/mol. The molecule has 4 rings (SSSR count). The third-order valence-corrected chi connectivity index (χ3v) is 4.77. The fraction of sp³-hybridized carbons (Fsp3) is 0.524. The maximum Gasteiger partial charge on any atom is 0.315 e. The molecule has 1 aliphatic carbocycles. The van der Waals surface area contributed by atoms with E-state index in [1.165, 1.54) is 25.9 Å². The van der Waals surface area contributed by atoms with E-state index in [0.29, 0.717) is 12.6 Å². The molecule has 28 heavy (non-hydrogen) atoms. The molecular formula is C21H32N4O3. The van der Waals surface area contributed by atoms with E-state index in [1.54, 1.807) is 6.26 Å². The van der Waals surface area contributed by atoms with E-state index in [2.05, 4.69) is 35.2 Å². The SMILES string of the molecule is CC1CCCN(C)C1.NC=O.O=C(NCc1coc2ccccc12)NC1CC1. The number of nitrogens with zero attached hydrogens (tertiary/aromatic N) is 1. The first-order chi connectivity index (χ1) is 13.5.